The molecule has 29 heavy (non-hydrogen) atoms. The molecule has 1 saturated heterocycles. The number of anilines is 1. The van der Waals surface area contributed by atoms with Gasteiger partial charge in [0.1, 0.15) is 17.9 Å². The van der Waals surface area contributed by atoms with Crippen molar-refractivity contribution in [3.05, 3.63) is 69.0 Å². The Morgan fingerprint density at radius 1 is 1.31 bits per heavy atom. The highest BCUT2D eigenvalue weighted by Crippen LogP contribution is 2.25. The average molecular weight is 396 g/mol. The molecule has 1 aliphatic rings. The van der Waals surface area contributed by atoms with Crippen LogP contribution in [0.15, 0.2) is 36.4 Å². The molecule has 9 heteroatoms. The molecule has 3 rings (SSSR count). The summed E-state index contributed by atoms with van der Waals surface area (Å²) >= 11 is 0. The maximum atomic E-state index is 13.4. The summed E-state index contributed by atoms with van der Waals surface area (Å²) in [6.07, 6.45) is 1.08. The van der Waals surface area contributed by atoms with E-state index < -0.39 is 28.6 Å². The van der Waals surface area contributed by atoms with Crippen molar-refractivity contribution in [3.8, 4) is 6.07 Å². The lowest BCUT2D eigenvalue weighted by molar-refractivity contribution is -0.385. The third-order valence-corrected chi connectivity index (χ3v) is 4.81. The van der Waals surface area contributed by atoms with Crippen LogP contribution in [0.1, 0.15) is 34.3 Å². The molecule has 2 aromatic carbocycles. The normalized spacial score (nSPS) is 15.6. The van der Waals surface area contributed by atoms with E-state index in [0.717, 1.165) is 6.07 Å². The predicted molar refractivity (Wildman–Crippen MR) is 102 cm³/mol. The molecule has 0 spiro atoms. The first-order valence-corrected chi connectivity index (χ1v) is 8.88. The molecule has 1 fully saturated rings. The molecule has 0 saturated carbocycles. The molecular weight excluding hydrogens is 379 g/mol. The second-order valence-electron chi connectivity index (χ2n) is 6.71. The maximum Gasteiger partial charge on any atom is 0.272 e. The predicted octanol–water partition coefficient (Wildman–Crippen LogP) is 3.16. The smallest absolute Gasteiger partial charge is 0.272 e. The minimum absolute atomic E-state index is 0.0816. The highest BCUT2D eigenvalue weighted by atomic mass is 19.1. The number of nitrogens with zero attached hydrogens (tertiary/aromatic N) is 3. The van der Waals surface area contributed by atoms with Gasteiger partial charge < -0.3 is 10.2 Å². The first-order valence-electron chi connectivity index (χ1n) is 8.88. The van der Waals surface area contributed by atoms with Crippen LogP contribution in [0.4, 0.5) is 15.8 Å². The van der Waals surface area contributed by atoms with Gasteiger partial charge in [0.15, 0.2) is 0 Å². The van der Waals surface area contributed by atoms with Crippen molar-refractivity contribution in [1.29, 1.82) is 5.26 Å². The Morgan fingerprint density at radius 2 is 2.07 bits per heavy atom. The van der Waals surface area contributed by atoms with Crippen LogP contribution >= 0.6 is 0 Å². The zero-order chi connectivity index (χ0) is 21.1. The monoisotopic (exact) mass is 396 g/mol. The number of hydrogen-bond donors (Lipinski definition) is 1. The van der Waals surface area contributed by atoms with Crippen molar-refractivity contribution in [1.82, 2.24) is 4.90 Å². The summed E-state index contributed by atoms with van der Waals surface area (Å²) in [6.45, 7) is 1.92. The van der Waals surface area contributed by atoms with E-state index in [2.05, 4.69) is 5.32 Å². The van der Waals surface area contributed by atoms with E-state index in [4.69, 9.17) is 5.26 Å². The van der Waals surface area contributed by atoms with Crippen LogP contribution in [0.3, 0.4) is 0 Å². The van der Waals surface area contributed by atoms with E-state index in [1.165, 1.54) is 35.2 Å². The van der Waals surface area contributed by atoms with Crippen LogP contribution in [-0.4, -0.2) is 34.2 Å². The van der Waals surface area contributed by atoms with Gasteiger partial charge in [-0.2, -0.15) is 5.26 Å². The minimum atomic E-state index is -0.728. The molecular formula is C20H17FN4O4. The number of nitriles is 1. The molecule has 1 unspecified atom stereocenters. The minimum Gasteiger partial charge on any atom is -0.327 e. The van der Waals surface area contributed by atoms with Crippen LogP contribution in [0.5, 0.6) is 0 Å². The molecule has 0 radical (unpaired) electrons. The van der Waals surface area contributed by atoms with Gasteiger partial charge in [-0.25, -0.2) is 4.39 Å². The Bertz CT molecular complexity index is 1050. The van der Waals surface area contributed by atoms with Crippen LogP contribution in [0, 0.1) is 34.2 Å². The number of nitrogens with one attached hydrogen (secondary N) is 1. The Labute approximate surface area is 165 Å². The van der Waals surface area contributed by atoms with Gasteiger partial charge in [-0.15, -0.1) is 0 Å². The molecule has 1 atom stereocenters. The zero-order valence-corrected chi connectivity index (χ0v) is 15.5. The van der Waals surface area contributed by atoms with Gasteiger partial charge in [0.05, 0.1) is 10.5 Å². The number of benzene rings is 2. The SMILES string of the molecule is Cc1cc(C(=O)N2CCCC2C(=O)Nc2ccc(F)c(C#N)c2)ccc1[N+](=O)[O-]. The van der Waals surface area contributed by atoms with Crippen molar-refractivity contribution in [3.63, 3.8) is 0 Å². The fourth-order valence-corrected chi connectivity index (χ4v) is 3.36. The topological polar surface area (TPSA) is 116 Å². The van der Waals surface area contributed by atoms with Crippen LogP contribution in [-0.2, 0) is 4.79 Å². The van der Waals surface area contributed by atoms with Gasteiger partial charge in [-0.1, -0.05) is 0 Å². The number of carbonyl (C=O) groups excluding carboxylic acids is 2. The second-order valence-corrected chi connectivity index (χ2v) is 6.71. The van der Waals surface area contributed by atoms with Crippen LogP contribution < -0.4 is 5.32 Å². The van der Waals surface area contributed by atoms with E-state index in [1.807, 2.05) is 0 Å². The third kappa shape index (κ3) is 4.06. The standard InChI is InChI=1S/C20H17FN4O4/c1-12-9-13(4-7-17(12)25(28)29)20(27)24-8-2-3-18(24)19(26)23-15-5-6-16(21)14(10-15)11-22/h4-7,9-10,18H,2-3,8H2,1H3,(H,23,26). The first kappa shape index (κ1) is 19.9. The molecule has 0 aromatic heterocycles. The average Bonchev–Trinajstić information content (AvgIpc) is 3.18. The molecule has 0 bridgehead atoms. The van der Waals surface area contributed by atoms with Gasteiger partial charge >= 0.3 is 0 Å². The van der Waals surface area contributed by atoms with E-state index in [-0.39, 0.29) is 22.5 Å². The number of aryl methyl sites for hydroxylation is 1. The van der Waals surface area contributed by atoms with Crippen LogP contribution in [0.2, 0.25) is 0 Å². The van der Waals surface area contributed by atoms with E-state index >= 15 is 0 Å². The summed E-state index contributed by atoms with van der Waals surface area (Å²) in [5.74, 6) is -1.51. The first-order chi connectivity index (χ1) is 13.8. The van der Waals surface area contributed by atoms with Gasteiger partial charge in [0.25, 0.3) is 11.6 Å². The van der Waals surface area contributed by atoms with E-state index in [1.54, 1.807) is 13.0 Å². The molecule has 1 heterocycles. The van der Waals surface area contributed by atoms with Crippen molar-refractivity contribution in [2.24, 2.45) is 0 Å². The summed E-state index contributed by atoms with van der Waals surface area (Å²) in [5, 5.41) is 22.5. The Kier molecular flexibility index (Phi) is 5.54. The fourth-order valence-electron chi connectivity index (χ4n) is 3.36. The third-order valence-electron chi connectivity index (χ3n) is 4.81. The van der Waals surface area contributed by atoms with Crippen molar-refractivity contribution in [2.75, 3.05) is 11.9 Å². The van der Waals surface area contributed by atoms with Gasteiger partial charge in [-0.3, -0.25) is 19.7 Å². The number of halogens is 1. The molecule has 1 N–H and O–H groups in total. The molecule has 0 aliphatic carbocycles. The lowest BCUT2D eigenvalue weighted by atomic mass is 10.1. The van der Waals surface area contributed by atoms with Gasteiger partial charge in [0.2, 0.25) is 5.91 Å². The number of carbonyl (C=O) groups is 2. The number of nitro benzene ring substituents is 1. The van der Waals surface area contributed by atoms with Crippen molar-refractivity contribution in [2.45, 2.75) is 25.8 Å². The van der Waals surface area contributed by atoms with E-state index in [0.29, 0.717) is 24.9 Å². The fraction of sp³-hybridized carbons (Fsp3) is 0.250. The zero-order valence-electron chi connectivity index (χ0n) is 15.5. The Morgan fingerprint density at radius 3 is 2.72 bits per heavy atom. The van der Waals surface area contributed by atoms with Gasteiger partial charge in [0, 0.05) is 29.4 Å². The summed E-state index contributed by atoms with van der Waals surface area (Å²) in [4.78, 5) is 37.4. The molecule has 2 amide bonds. The van der Waals surface area contributed by atoms with Crippen molar-refractivity contribution >= 4 is 23.2 Å². The second kappa shape index (κ2) is 8.06. The number of amides is 2. The summed E-state index contributed by atoms with van der Waals surface area (Å²) in [7, 11) is 0. The van der Waals surface area contributed by atoms with E-state index in [9.17, 15) is 24.1 Å². The summed E-state index contributed by atoms with van der Waals surface area (Å²) < 4.78 is 13.4. The van der Waals surface area contributed by atoms with Gasteiger partial charge in [-0.05, 0) is 50.1 Å². The number of nitro groups is 1. The molecule has 148 valence electrons. The molecule has 8 nitrogen and oxygen atoms in total. The molecule has 2 aromatic rings. The number of hydrogen-bond acceptors (Lipinski definition) is 5. The highest BCUT2D eigenvalue weighted by molar-refractivity contribution is 6.01. The largest absolute Gasteiger partial charge is 0.327 e. The summed E-state index contributed by atoms with van der Waals surface area (Å²) in [6, 6.07) is 8.72. The number of rotatable bonds is 4. The summed E-state index contributed by atoms with van der Waals surface area (Å²) in [5.41, 5.74) is 0.613. The van der Waals surface area contributed by atoms with Crippen LogP contribution in [0.25, 0.3) is 0 Å². The highest BCUT2D eigenvalue weighted by Gasteiger charge is 2.35. The molecule has 1 aliphatic heterocycles. The quantitative estimate of drug-likeness (QED) is 0.629. The maximum absolute atomic E-state index is 13.4. The Hall–Kier alpha value is -3.80. The number of likely N-dealkylation sites (tertiary alicyclic amines) is 1. The lowest BCUT2D eigenvalue weighted by Crippen LogP contribution is -2.43. The Balaban J connectivity index is 1.78. The van der Waals surface area contributed by atoms with Crippen molar-refractivity contribution < 1.29 is 18.9 Å². The lowest BCUT2D eigenvalue weighted by Gasteiger charge is -2.24.